The van der Waals surface area contributed by atoms with Gasteiger partial charge in [-0.15, -0.1) is 0 Å². The minimum atomic E-state index is -4.52. The first kappa shape index (κ1) is 17.7. The zero-order valence-corrected chi connectivity index (χ0v) is 13.8. The van der Waals surface area contributed by atoms with E-state index in [2.05, 4.69) is 15.0 Å². The number of ether oxygens (including phenoxy) is 1. The zero-order valence-electron chi connectivity index (χ0n) is 13.8. The SMILES string of the molecule is Cc1nccnc1COc1cc(-c2cnccc2N)cc(C(F)(F)F)c1. The maximum atomic E-state index is 13.3. The average molecular weight is 360 g/mol. The summed E-state index contributed by atoms with van der Waals surface area (Å²) in [6.45, 7) is 1.75. The van der Waals surface area contributed by atoms with Crippen molar-refractivity contribution in [1.29, 1.82) is 0 Å². The highest BCUT2D eigenvalue weighted by Crippen LogP contribution is 2.37. The van der Waals surface area contributed by atoms with E-state index < -0.39 is 11.7 Å². The molecule has 0 atom stereocenters. The van der Waals surface area contributed by atoms with Gasteiger partial charge in [0.1, 0.15) is 12.4 Å². The van der Waals surface area contributed by atoms with E-state index in [9.17, 15) is 13.2 Å². The predicted octanol–water partition coefficient (Wildman–Crippen LogP) is 4.03. The van der Waals surface area contributed by atoms with Crippen LogP contribution in [0.5, 0.6) is 5.75 Å². The number of pyridine rings is 1. The van der Waals surface area contributed by atoms with Gasteiger partial charge in [-0.25, -0.2) is 0 Å². The molecular weight excluding hydrogens is 345 g/mol. The van der Waals surface area contributed by atoms with E-state index in [4.69, 9.17) is 10.5 Å². The summed E-state index contributed by atoms with van der Waals surface area (Å²) in [5.41, 5.74) is 7.24. The maximum Gasteiger partial charge on any atom is 0.416 e. The van der Waals surface area contributed by atoms with E-state index in [1.807, 2.05) is 0 Å². The number of aromatic nitrogens is 3. The molecule has 0 aliphatic rings. The first-order valence-corrected chi connectivity index (χ1v) is 7.66. The van der Waals surface area contributed by atoms with Crippen molar-refractivity contribution in [3.8, 4) is 16.9 Å². The van der Waals surface area contributed by atoms with Crippen LogP contribution >= 0.6 is 0 Å². The number of rotatable bonds is 4. The summed E-state index contributed by atoms with van der Waals surface area (Å²) in [5, 5.41) is 0. The van der Waals surface area contributed by atoms with Crippen LogP contribution in [0.3, 0.4) is 0 Å². The number of nitrogens with zero attached hydrogens (tertiary/aromatic N) is 3. The number of hydrogen-bond donors (Lipinski definition) is 1. The van der Waals surface area contributed by atoms with E-state index in [0.717, 1.165) is 12.1 Å². The van der Waals surface area contributed by atoms with Crippen LogP contribution in [-0.2, 0) is 12.8 Å². The lowest BCUT2D eigenvalue weighted by molar-refractivity contribution is -0.137. The van der Waals surface area contributed by atoms with Gasteiger partial charge in [-0.1, -0.05) is 0 Å². The van der Waals surface area contributed by atoms with Crippen molar-refractivity contribution < 1.29 is 17.9 Å². The van der Waals surface area contributed by atoms with Gasteiger partial charge in [-0.3, -0.25) is 15.0 Å². The lowest BCUT2D eigenvalue weighted by atomic mass is 10.0. The fourth-order valence-electron chi connectivity index (χ4n) is 2.38. The van der Waals surface area contributed by atoms with Gasteiger partial charge < -0.3 is 10.5 Å². The summed E-state index contributed by atoms with van der Waals surface area (Å²) in [6, 6.07) is 4.99. The third-order valence-corrected chi connectivity index (χ3v) is 3.76. The van der Waals surface area contributed by atoms with Crippen LogP contribution in [0.15, 0.2) is 49.1 Å². The van der Waals surface area contributed by atoms with Crippen molar-refractivity contribution in [3.63, 3.8) is 0 Å². The van der Waals surface area contributed by atoms with Crippen molar-refractivity contribution in [2.24, 2.45) is 0 Å². The molecule has 0 bridgehead atoms. The Hall–Kier alpha value is -3.16. The van der Waals surface area contributed by atoms with Crippen LogP contribution in [0.4, 0.5) is 18.9 Å². The second-order valence-electron chi connectivity index (χ2n) is 5.58. The zero-order chi connectivity index (χ0) is 18.7. The largest absolute Gasteiger partial charge is 0.487 e. The number of nitrogens with two attached hydrogens (primary N) is 1. The molecule has 3 aromatic rings. The van der Waals surface area contributed by atoms with Gasteiger partial charge in [-0.2, -0.15) is 13.2 Å². The molecule has 1 aromatic carbocycles. The van der Waals surface area contributed by atoms with E-state index in [1.54, 1.807) is 6.92 Å². The first-order valence-electron chi connectivity index (χ1n) is 7.66. The highest BCUT2D eigenvalue weighted by atomic mass is 19.4. The molecule has 3 rings (SSSR count). The van der Waals surface area contributed by atoms with Gasteiger partial charge in [0.15, 0.2) is 0 Å². The molecule has 0 radical (unpaired) electrons. The number of nitrogen functional groups attached to an aromatic ring is 1. The summed E-state index contributed by atoms with van der Waals surface area (Å²) < 4.78 is 45.3. The average Bonchev–Trinajstić information content (AvgIpc) is 2.60. The Kier molecular flexibility index (Phi) is 4.75. The molecule has 2 aromatic heterocycles. The van der Waals surface area contributed by atoms with Crippen LogP contribution < -0.4 is 10.5 Å². The van der Waals surface area contributed by atoms with Crippen LogP contribution in [0.1, 0.15) is 17.0 Å². The third kappa shape index (κ3) is 3.90. The van der Waals surface area contributed by atoms with Crippen LogP contribution in [0, 0.1) is 6.92 Å². The van der Waals surface area contributed by atoms with E-state index >= 15 is 0 Å². The number of anilines is 1. The van der Waals surface area contributed by atoms with Gasteiger partial charge >= 0.3 is 6.18 Å². The highest BCUT2D eigenvalue weighted by molar-refractivity contribution is 5.76. The summed E-state index contributed by atoms with van der Waals surface area (Å²) in [5.74, 6) is 0.0585. The van der Waals surface area contributed by atoms with Crippen molar-refractivity contribution in [1.82, 2.24) is 15.0 Å². The minimum Gasteiger partial charge on any atom is -0.487 e. The molecule has 0 aliphatic heterocycles. The molecular formula is C18H15F3N4O. The summed E-state index contributed by atoms with van der Waals surface area (Å²) in [4.78, 5) is 12.1. The van der Waals surface area contributed by atoms with Crippen LogP contribution in [0.25, 0.3) is 11.1 Å². The molecule has 2 heterocycles. The molecule has 2 N–H and O–H groups in total. The highest BCUT2D eigenvalue weighted by Gasteiger charge is 2.31. The number of aryl methyl sites for hydroxylation is 1. The summed E-state index contributed by atoms with van der Waals surface area (Å²) >= 11 is 0. The molecule has 0 saturated carbocycles. The first-order chi connectivity index (χ1) is 12.3. The Labute approximate surface area is 147 Å². The Morgan fingerprint density at radius 2 is 1.85 bits per heavy atom. The van der Waals surface area contributed by atoms with Gasteiger partial charge in [0.05, 0.1) is 17.0 Å². The maximum absolute atomic E-state index is 13.3. The Balaban J connectivity index is 1.98. The minimum absolute atomic E-state index is 0.00292. The Morgan fingerprint density at radius 3 is 2.54 bits per heavy atom. The molecule has 0 fully saturated rings. The third-order valence-electron chi connectivity index (χ3n) is 3.76. The fourth-order valence-corrected chi connectivity index (χ4v) is 2.38. The molecule has 26 heavy (non-hydrogen) atoms. The van der Waals surface area contributed by atoms with Crippen LogP contribution in [0.2, 0.25) is 0 Å². The molecule has 0 saturated heterocycles. The van der Waals surface area contributed by atoms with Crippen molar-refractivity contribution in [2.75, 3.05) is 5.73 Å². The van der Waals surface area contributed by atoms with Gasteiger partial charge in [0.2, 0.25) is 0 Å². The molecule has 5 nitrogen and oxygen atoms in total. The van der Waals surface area contributed by atoms with Crippen LogP contribution in [-0.4, -0.2) is 15.0 Å². The van der Waals surface area contributed by atoms with E-state index in [1.165, 1.54) is 36.9 Å². The normalized spacial score (nSPS) is 11.4. The summed E-state index contributed by atoms with van der Waals surface area (Å²) in [7, 11) is 0. The number of halogens is 3. The molecule has 8 heteroatoms. The Bertz CT molecular complexity index is 928. The Morgan fingerprint density at radius 1 is 1.08 bits per heavy atom. The van der Waals surface area contributed by atoms with E-state index in [-0.39, 0.29) is 17.9 Å². The second kappa shape index (κ2) is 6.99. The molecule has 134 valence electrons. The molecule has 0 amide bonds. The standard InChI is InChI=1S/C18H15F3N4O/c1-11-17(25-5-4-24-11)10-26-14-7-12(6-13(8-14)18(19,20)21)15-9-23-3-2-16(15)22/h2-9H,10H2,1H3,(H2,22,23). The monoisotopic (exact) mass is 360 g/mol. The van der Waals surface area contributed by atoms with Crippen molar-refractivity contribution in [3.05, 3.63) is 66.0 Å². The van der Waals surface area contributed by atoms with Crippen molar-refractivity contribution >= 4 is 5.69 Å². The van der Waals surface area contributed by atoms with Gasteiger partial charge in [0.25, 0.3) is 0 Å². The van der Waals surface area contributed by atoms with Gasteiger partial charge in [-0.05, 0) is 36.8 Å². The smallest absolute Gasteiger partial charge is 0.416 e. The quantitative estimate of drug-likeness (QED) is 0.760. The molecule has 0 unspecified atom stereocenters. The second-order valence-corrected chi connectivity index (χ2v) is 5.58. The topological polar surface area (TPSA) is 73.9 Å². The molecule has 0 spiro atoms. The predicted molar refractivity (Wildman–Crippen MR) is 90.2 cm³/mol. The number of alkyl halides is 3. The lowest BCUT2D eigenvalue weighted by Crippen LogP contribution is -2.07. The van der Waals surface area contributed by atoms with E-state index in [0.29, 0.717) is 22.6 Å². The van der Waals surface area contributed by atoms with Crippen molar-refractivity contribution in [2.45, 2.75) is 19.7 Å². The van der Waals surface area contributed by atoms with Gasteiger partial charge in [0, 0.05) is 36.0 Å². The number of benzene rings is 1. The molecule has 0 aliphatic carbocycles. The summed E-state index contributed by atoms with van der Waals surface area (Å²) in [6.07, 6.45) is 1.40. The number of hydrogen-bond acceptors (Lipinski definition) is 5. The lowest BCUT2D eigenvalue weighted by Gasteiger charge is -2.14. The fraction of sp³-hybridized carbons (Fsp3) is 0.167.